The van der Waals surface area contributed by atoms with Crippen molar-refractivity contribution in [1.82, 2.24) is 10.6 Å². The number of nitrogens with zero attached hydrogens (tertiary/aromatic N) is 1. The summed E-state index contributed by atoms with van der Waals surface area (Å²) < 4.78 is 10.3. The molecule has 0 bridgehead atoms. The van der Waals surface area contributed by atoms with Crippen molar-refractivity contribution in [1.29, 1.82) is 0 Å². The fourth-order valence-electron chi connectivity index (χ4n) is 4.34. The van der Waals surface area contributed by atoms with E-state index in [2.05, 4.69) is 10.6 Å². The Hall–Kier alpha value is -4.12. The fraction of sp³-hybridized carbons (Fsp3) is 0.296. The maximum Gasteiger partial charge on any atom is 0.336 e. The Morgan fingerprint density at radius 2 is 1.82 bits per heavy atom. The predicted molar refractivity (Wildman–Crippen MR) is 143 cm³/mol. The highest BCUT2D eigenvalue weighted by molar-refractivity contribution is 7.99. The van der Waals surface area contributed by atoms with Crippen LogP contribution in [0.3, 0.4) is 0 Å². The van der Waals surface area contributed by atoms with Gasteiger partial charge in [-0.25, -0.2) is 9.59 Å². The van der Waals surface area contributed by atoms with Crippen LogP contribution >= 0.6 is 11.8 Å². The lowest BCUT2D eigenvalue weighted by Gasteiger charge is -2.31. The molecular formula is C27H29N3O7S. The van der Waals surface area contributed by atoms with Crippen molar-refractivity contribution in [3.8, 4) is 0 Å². The van der Waals surface area contributed by atoms with Gasteiger partial charge in [0.25, 0.3) is 5.69 Å². The van der Waals surface area contributed by atoms with Crippen LogP contribution in [0.25, 0.3) is 0 Å². The number of nitrogens with one attached hydrogen (secondary N) is 2. The smallest absolute Gasteiger partial charge is 0.336 e. The van der Waals surface area contributed by atoms with Crippen molar-refractivity contribution >= 4 is 35.8 Å². The average Bonchev–Trinajstić information content (AvgIpc) is 2.92. The summed E-state index contributed by atoms with van der Waals surface area (Å²) in [4.78, 5) is 48.8. The maximum atomic E-state index is 13.3. The summed E-state index contributed by atoms with van der Waals surface area (Å²) in [6.07, 6.45) is 0.639. The van der Waals surface area contributed by atoms with E-state index in [9.17, 15) is 24.5 Å². The summed E-state index contributed by atoms with van der Waals surface area (Å²) >= 11 is 1.44. The minimum absolute atomic E-state index is 0.0714. The Morgan fingerprint density at radius 3 is 2.45 bits per heavy atom. The van der Waals surface area contributed by atoms with E-state index in [0.29, 0.717) is 23.6 Å². The van der Waals surface area contributed by atoms with Crippen LogP contribution in [0, 0.1) is 10.1 Å². The second-order valence-electron chi connectivity index (χ2n) is 8.28. The van der Waals surface area contributed by atoms with E-state index in [1.54, 1.807) is 19.9 Å². The lowest BCUT2D eigenvalue weighted by Crippen LogP contribution is -2.34. The SMILES string of the molecule is CCOC(=O)C1=C(CSC[C@@H](NC=O)c2ccccc2)NC(C)=C(C(=O)OC)C1c1ccccc1[N+](=O)[O-]. The number of hydrogen-bond donors (Lipinski definition) is 2. The summed E-state index contributed by atoms with van der Waals surface area (Å²) in [5, 5.41) is 17.9. The number of thioether (sulfide) groups is 1. The molecule has 11 heteroatoms. The number of rotatable bonds is 12. The molecule has 2 aromatic carbocycles. The number of amides is 1. The van der Waals surface area contributed by atoms with Crippen LogP contribution in [-0.4, -0.2) is 48.5 Å². The first-order valence-electron chi connectivity index (χ1n) is 11.9. The molecule has 0 aromatic heterocycles. The average molecular weight is 540 g/mol. The fourth-order valence-corrected chi connectivity index (χ4v) is 5.41. The van der Waals surface area contributed by atoms with Crippen LogP contribution in [0.2, 0.25) is 0 Å². The van der Waals surface area contributed by atoms with Gasteiger partial charge in [-0.1, -0.05) is 48.5 Å². The summed E-state index contributed by atoms with van der Waals surface area (Å²) in [6, 6.07) is 15.2. The van der Waals surface area contributed by atoms with E-state index < -0.39 is 22.8 Å². The van der Waals surface area contributed by atoms with Gasteiger partial charge in [0.1, 0.15) is 0 Å². The van der Waals surface area contributed by atoms with Gasteiger partial charge in [0.15, 0.2) is 0 Å². The van der Waals surface area contributed by atoms with Gasteiger partial charge in [-0.15, -0.1) is 0 Å². The molecule has 0 spiro atoms. The van der Waals surface area contributed by atoms with E-state index in [1.807, 2.05) is 30.3 Å². The van der Waals surface area contributed by atoms with E-state index in [4.69, 9.17) is 9.47 Å². The van der Waals surface area contributed by atoms with Crippen molar-refractivity contribution in [2.45, 2.75) is 25.8 Å². The molecule has 0 aliphatic carbocycles. The van der Waals surface area contributed by atoms with E-state index >= 15 is 0 Å². The molecule has 0 fully saturated rings. The molecule has 0 radical (unpaired) electrons. The summed E-state index contributed by atoms with van der Waals surface area (Å²) in [7, 11) is 1.21. The number of benzene rings is 2. The van der Waals surface area contributed by atoms with Crippen molar-refractivity contribution < 1.29 is 28.8 Å². The molecule has 38 heavy (non-hydrogen) atoms. The Morgan fingerprint density at radius 1 is 1.13 bits per heavy atom. The van der Waals surface area contributed by atoms with Crippen LogP contribution in [0.5, 0.6) is 0 Å². The monoisotopic (exact) mass is 539 g/mol. The lowest BCUT2D eigenvalue weighted by molar-refractivity contribution is -0.385. The number of carbonyl (C=O) groups is 3. The minimum Gasteiger partial charge on any atom is -0.466 e. The van der Waals surface area contributed by atoms with Gasteiger partial charge in [0, 0.05) is 34.5 Å². The number of nitro groups is 1. The number of ether oxygens (including phenoxy) is 2. The van der Waals surface area contributed by atoms with E-state index in [-0.39, 0.29) is 40.8 Å². The zero-order valence-corrected chi connectivity index (χ0v) is 22.1. The van der Waals surface area contributed by atoms with Gasteiger partial charge in [-0.2, -0.15) is 11.8 Å². The second kappa shape index (κ2) is 13.4. The number of hydrogen-bond acceptors (Lipinski definition) is 9. The van der Waals surface area contributed by atoms with Gasteiger partial charge in [-0.05, 0) is 19.4 Å². The highest BCUT2D eigenvalue weighted by atomic mass is 32.2. The van der Waals surface area contributed by atoms with Gasteiger partial charge < -0.3 is 20.1 Å². The van der Waals surface area contributed by atoms with Crippen molar-refractivity contribution in [2.24, 2.45) is 0 Å². The van der Waals surface area contributed by atoms with Crippen molar-refractivity contribution in [3.63, 3.8) is 0 Å². The number of methoxy groups -OCH3 is 1. The Bertz CT molecular complexity index is 1260. The molecule has 1 aliphatic rings. The Kier molecular flexibility index (Phi) is 10.1. The van der Waals surface area contributed by atoms with Gasteiger partial charge >= 0.3 is 11.9 Å². The highest BCUT2D eigenvalue weighted by Gasteiger charge is 2.41. The van der Waals surface area contributed by atoms with Gasteiger partial charge in [0.05, 0.1) is 41.7 Å². The molecule has 1 amide bonds. The number of esters is 2. The zero-order valence-electron chi connectivity index (χ0n) is 21.3. The quantitative estimate of drug-likeness (QED) is 0.179. The molecule has 2 N–H and O–H groups in total. The molecule has 1 heterocycles. The minimum atomic E-state index is -1.09. The standard InChI is InChI=1S/C27H29N3O7S/c1-4-37-27(33)25-21(15-38-14-20(28-16-31)18-10-6-5-7-11-18)29-17(2)23(26(32)36-3)24(25)19-12-8-9-13-22(19)30(34)35/h5-13,16,20,24,29H,4,14-15H2,1-3H3,(H,28,31)/t20-,24?/m1/s1. The third-order valence-corrected chi connectivity index (χ3v) is 7.05. The number of allylic oxidation sites excluding steroid dienone is 1. The van der Waals surface area contributed by atoms with Crippen LogP contribution in [0.1, 0.15) is 36.9 Å². The van der Waals surface area contributed by atoms with Crippen molar-refractivity contribution in [2.75, 3.05) is 25.2 Å². The first kappa shape index (κ1) is 28.5. The molecule has 3 rings (SSSR count). The van der Waals surface area contributed by atoms with Crippen LogP contribution in [-0.2, 0) is 23.9 Å². The third kappa shape index (κ3) is 6.41. The molecule has 1 unspecified atom stereocenters. The zero-order chi connectivity index (χ0) is 27.7. The Balaban J connectivity index is 2.07. The maximum absolute atomic E-state index is 13.3. The number of dihydropyridines is 1. The lowest BCUT2D eigenvalue weighted by atomic mass is 9.79. The van der Waals surface area contributed by atoms with E-state index in [0.717, 1.165) is 5.56 Å². The summed E-state index contributed by atoms with van der Waals surface area (Å²) in [5.41, 5.74) is 1.91. The molecule has 0 saturated heterocycles. The second-order valence-corrected chi connectivity index (χ2v) is 9.31. The first-order valence-corrected chi connectivity index (χ1v) is 13.0. The highest BCUT2D eigenvalue weighted by Crippen LogP contribution is 2.43. The third-order valence-electron chi connectivity index (χ3n) is 5.99. The number of carbonyl (C=O) groups excluding carboxylic acids is 3. The van der Waals surface area contributed by atoms with Crippen LogP contribution < -0.4 is 10.6 Å². The normalized spacial score (nSPS) is 15.8. The molecular weight excluding hydrogens is 510 g/mol. The van der Waals surface area contributed by atoms with Gasteiger partial charge in [0.2, 0.25) is 6.41 Å². The van der Waals surface area contributed by atoms with Crippen LogP contribution in [0.15, 0.2) is 77.1 Å². The number of para-hydroxylation sites is 1. The summed E-state index contributed by atoms with van der Waals surface area (Å²) in [5.74, 6) is -1.74. The molecule has 2 atom stereocenters. The molecule has 10 nitrogen and oxygen atoms in total. The molecule has 200 valence electrons. The molecule has 0 saturated carbocycles. The van der Waals surface area contributed by atoms with Crippen molar-refractivity contribution in [3.05, 3.63) is 98.4 Å². The van der Waals surface area contributed by atoms with Crippen LogP contribution in [0.4, 0.5) is 5.69 Å². The molecule has 1 aliphatic heterocycles. The first-order chi connectivity index (χ1) is 18.3. The Labute approximate surface area is 224 Å². The molecule has 2 aromatic rings. The van der Waals surface area contributed by atoms with Gasteiger partial charge in [-0.3, -0.25) is 14.9 Å². The topological polar surface area (TPSA) is 137 Å². The van der Waals surface area contributed by atoms with E-state index in [1.165, 1.54) is 37.1 Å². The largest absolute Gasteiger partial charge is 0.466 e. The predicted octanol–water partition coefficient (Wildman–Crippen LogP) is 3.77. The summed E-state index contributed by atoms with van der Waals surface area (Å²) in [6.45, 7) is 3.38. The number of nitro benzene ring substituents is 1.